The summed E-state index contributed by atoms with van der Waals surface area (Å²) in [6.45, 7) is 2.95. The molecule has 3 rings (SSSR count). The molecule has 1 aliphatic rings. The Kier molecular flexibility index (Phi) is 4.52. The molecule has 2 aromatic rings. The van der Waals surface area contributed by atoms with Crippen LogP contribution in [0.2, 0.25) is 0 Å². The number of halogens is 2. The van der Waals surface area contributed by atoms with E-state index < -0.39 is 23.2 Å². The van der Waals surface area contributed by atoms with Crippen molar-refractivity contribution in [3.05, 3.63) is 59.7 Å². The van der Waals surface area contributed by atoms with Gasteiger partial charge in [0, 0.05) is 24.3 Å². The van der Waals surface area contributed by atoms with Crippen LogP contribution in [0.5, 0.6) is 0 Å². The number of nitrogens with one attached hydrogen (secondary N) is 1. The molecule has 0 aromatic heterocycles. The van der Waals surface area contributed by atoms with Crippen molar-refractivity contribution in [2.75, 3.05) is 36.5 Å². The second kappa shape index (κ2) is 6.75. The molecule has 1 saturated heterocycles. The summed E-state index contributed by atoms with van der Waals surface area (Å²) < 4.78 is 32.4. The number of para-hydroxylation sites is 1. The second-order valence-electron chi connectivity index (χ2n) is 5.20. The molecule has 120 valence electrons. The molecule has 1 heterocycles. The smallest absolute Gasteiger partial charge is 0.255 e. The van der Waals surface area contributed by atoms with Crippen molar-refractivity contribution in [1.29, 1.82) is 0 Å². The Labute approximate surface area is 132 Å². The second-order valence-corrected chi connectivity index (χ2v) is 5.20. The lowest BCUT2D eigenvalue weighted by Crippen LogP contribution is -2.36. The van der Waals surface area contributed by atoms with E-state index in [4.69, 9.17) is 4.74 Å². The Hall–Kier alpha value is -2.47. The van der Waals surface area contributed by atoms with Gasteiger partial charge in [-0.15, -0.1) is 0 Å². The van der Waals surface area contributed by atoms with Crippen LogP contribution in [0, 0.1) is 11.6 Å². The summed E-state index contributed by atoms with van der Waals surface area (Å²) in [5.74, 6) is -2.16. The van der Waals surface area contributed by atoms with Crippen molar-refractivity contribution in [2.24, 2.45) is 0 Å². The van der Waals surface area contributed by atoms with Crippen LogP contribution in [0.4, 0.5) is 20.2 Å². The summed E-state index contributed by atoms with van der Waals surface area (Å²) in [5, 5.41) is 2.27. The molecule has 1 amide bonds. The van der Waals surface area contributed by atoms with Crippen molar-refractivity contribution in [3.63, 3.8) is 0 Å². The zero-order valence-electron chi connectivity index (χ0n) is 12.4. The molecular formula is C17H16F2N2O2. The van der Waals surface area contributed by atoms with Gasteiger partial charge < -0.3 is 15.0 Å². The number of amides is 1. The minimum atomic E-state index is -0.803. The van der Waals surface area contributed by atoms with Crippen LogP contribution in [-0.4, -0.2) is 32.2 Å². The van der Waals surface area contributed by atoms with Crippen LogP contribution < -0.4 is 10.2 Å². The fraction of sp³-hybridized carbons (Fsp3) is 0.235. The lowest BCUT2D eigenvalue weighted by molar-refractivity contribution is 0.102. The minimum absolute atomic E-state index is 0.338. The third-order valence-electron chi connectivity index (χ3n) is 3.71. The highest BCUT2D eigenvalue weighted by atomic mass is 19.1. The van der Waals surface area contributed by atoms with Gasteiger partial charge in [-0.3, -0.25) is 4.79 Å². The van der Waals surface area contributed by atoms with E-state index in [9.17, 15) is 13.6 Å². The molecule has 0 spiro atoms. The van der Waals surface area contributed by atoms with Crippen molar-refractivity contribution in [3.8, 4) is 0 Å². The first-order valence-electron chi connectivity index (χ1n) is 7.33. The molecule has 6 heteroatoms. The first-order chi connectivity index (χ1) is 11.1. The Morgan fingerprint density at radius 2 is 1.61 bits per heavy atom. The van der Waals surface area contributed by atoms with E-state index in [2.05, 4.69) is 10.2 Å². The average molecular weight is 318 g/mol. The first-order valence-corrected chi connectivity index (χ1v) is 7.33. The number of carbonyl (C=O) groups is 1. The highest BCUT2D eigenvalue weighted by Crippen LogP contribution is 2.20. The predicted molar refractivity (Wildman–Crippen MR) is 83.8 cm³/mol. The maximum Gasteiger partial charge on any atom is 0.255 e. The van der Waals surface area contributed by atoms with Gasteiger partial charge in [-0.25, -0.2) is 8.78 Å². The first kappa shape index (κ1) is 15.4. The van der Waals surface area contributed by atoms with E-state index >= 15 is 0 Å². The standard InChI is InChI=1S/C17H16F2N2O2/c18-14-2-1-3-15(19)16(14)20-17(22)12-4-6-13(7-5-12)21-8-10-23-11-9-21/h1-7H,8-11H2,(H,20,22). The van der Waals surface area contributed by atoms with E-state index in [1.807, 2.05) is 12.1 Å². The summed E-state index contributed by atoms with van der Waals surface area (Å²) in [7, 11) is 0. The monoisotopic (exact) mass is 318 g/mol. The fourth-order valence-corrected chi connectivity index (χ4v) is 2.45. The molecule has 0 radical (unpaired) electrons. The van der Waals surface area contributed by atoms with Gasteiger partial charge in [0.05, 0.1) is 13.2 Å². The van der Waals surface area contributed by atoms with Gasteiger partial charge in [0.25, 0.3) is 5.91 Å². The van der Waals surface area contributed by atoms with Crippen LogP contribution in [0.25, 0.3) is 0 Å². The number of hydrogen-bond donors (Lipinski definition) is 1. The van der Waals surface area contributed by atoms with Crippen molar-refractivity contribution in [2.45, 2.75) is 0 Å². The summed E-state index contributed by atoms with van der Waals surface area (Å²) in [6.07, 6.45) is 0. The highest BCUT2D eigenvalue weighted by Gasteiger charge is 2.15. The third kappa shape index (κ3) is 3.48. The molecule has 1 N–H and O–H groups in total. The van der Waals surface area contributed by atoms with Gasteiger partial charge in [-0.1, -0.05) is 6.07 Å². The number of anilines is 2. The fourth-order valence-electron chi connectivity index (χ4n) is 2.45. The Morgan fingerprint density at radius 1 is 1.00 bits per heavy atom. The van der Waals surface area contributed by atoms with E-state index in [0.717, 1.165) is 30.9 Å². The molecule has 0 unspecified atom stereocenters. The van der Waals surface area contributed by atoms with E-state index in [1.54, 1.807) is 12.1 Å². The quantitative estimate of drug-likeness (QED) is 0.946. The van der Waals surface area contributed by atoms with Gasteiger partial charge in [-0.2, -0.15) is 0 Å². The molecule has 0 saturated carbocycles. The summed E-state index contributed by atoms with van der Waals surface area (Å²) >= 11 is 0. The molecule has 0 aliphatic carbocycles. The maximum atomic E-state index is 13.6. The summed E-state index contributed by atoms with van der Waals surface area (Å²) in [5.41, 5.74) is 0.890. The number of ether oxygens (including phenoxy) is 1. The molecular weight excluding hydrogens is 302 g/mol. The van der Waals surface area contributed by atoms with Gasteiger partial charge in [0.15, 0.2) is 0 Å². The zero-order chi connectivity index (χ0) is 16.2. The normalized spacial score (nSPS) is 14.6. The molecule has 0 atom stereocenters. The number of morpholine rings is 1. The topological polar surface area (TPSA) is 41.6 Å². The molecule has 4 nitrogen and oxygen atoms in total. The Bertz CT molecular complexity index is 678. The number of nitrogens with zero attached hydrogens (tertiary/aromatic N) is 1. The van der Waals surface area contributed by atoms with Crippen molar-refractivity contribution < 1.29 is 18.3 Å². The molecule has 1 fully saturated rings. The molecule has 23 heavy (non-hydrogen) atoms. The van der Waals surface area contributed by atoms with Gasteiger partial charge in [0.1, 0.15) is 17.3 Å². The van der Waals surface area contributed by atoms with Gasteiger partial charge in [-0.05, 0) is 36.4 Å². The number of benzene rings is 2. The SMILES string of the molecule is O=C(Nc1c(F)cccc1F)c1ccc(N2CCOCC2)cc1. The molecule has 0 bridgehead atoms. The van der Waals surface area contributed by atoms with Gasteiger partial charge >= 0.3 is 0 Å². The van der Waals surface area contributed by atoms with Gasteiger partial charge in [0.2, 0.25) is 0 Å². The number of hydrogen-bond acceptors (Lipinski definition) is 3. The van der Waals surface area contributed by atoms with E-state index in [0.29, 0.717) is 18.8 Å². The van der Waals surface area contributed by atoms with Crippen LogP contribution in [0.1, 0.15) is 10.4 Å². The highest BCUT2D eigenvalue weighted by molar-refractivity contribution is 6.04. The van der Waals surface area contributed by atoms with Crippen LogP contribution >= 0.6 is 0 Å². The Morgan fingerprint density at radius 3 is 2.22 bits per heavy atom. The Balaban J connectivity index is 1.72. The number of carbonyl (C=O) groups excluding carboxylic acids is 1. The lowest BCUT2D eigenvalue weighted by atomic mass is 10.1. The summed E-state index contributed by atoms with van der Waals surface area (Å²) in [6, 6.07) is 10.4. The van der Waals surface area contributed by atoms with Crippen LogP contribution in [-0.2, 0) is 4.74 Å². The van der Waals surface area contributed by atoms with E-state index in [1.165, 1.54) is 6.07 Å². The van der Waals surface area contributed by atoms with Crippen LogP contribution in [0.15, 0.2) is 42.5 Å². The van der Waals surface area contributed by atoms with Crippen molar-refractivity contribution >= 4 is 17.3 Å². The number of rotatable bonds is 3. The van der Waals surface area contributed by atoms with E-state index in [-0.39, 0.29) is 0 Å². The van der Waals surface area contributed by atoms with Crippen molar-refractivity contribution in [1.82, 2.24) is 0 Å². The van der Waals surface area contributed by atoms with Crippen LogP contribution in [0.3, 0.4) is 0 Å². The molecule has 2 aromatic carbocycles. The maximum absolute atomic E-state index is 13.6. The predicted octanol–water partition coefficient (Wildman–Crippen LogP) is 3.05. The minimum Gasteiger partial charge on any atom is -0.378 e. The lowest BCUT2D eigenvalue weighted by Gasteiger charge is -2.28. The molecule has 1 aliphatic heterocycles. The largest absolute Gasteiger partial charge is 0.378 e. The average Bonchev–Trinajstić information content (AvgIpc) is 2.59. The summed E-state index contributed by atoms with van der Waals surface area (Å²) in [4.78, 5) is 14.3. The third-order valence-corrected chi connectivity index (χ3v) is 3.71. The zero-order valence-corrected chi connectivity index (χ0v) is 12.4.